The molecule has 124 valence electrons. The predicted molar refractivity (Wildman–Crippen MR) is 96.4 cm³/mol. The van der Waals surface area contributed by atoms with E-state index < -0.39 is 0 Å². The smallest absolute Gasteiger partial charge is 0.191 e. The van der Waals surface area contributed by atoms with Crippen LogP contribution in [0.15, 0.2) is 29.3 Å². The molecule has 0 fully saturated rings. The first-order valence-corrected chi connectivity index (χ1v) is 8.24. The molecule has 4 nitrogen and oxygen atoms in total. The largest absolute Gasteiger partial charge is 0.356 e. The van der Waals surface area contributed by atoms with Gasteiger partial charge in [0, 0.05) is 26.2 Å². The zero-order valence-corrected chi connectivity index (χ0v) is 14.8. The molecule has 0 aromatic heterocycles. The standard InChI is InChI=1S/C18H32N4/c1-15(2)22(5)13-9-8-12-20-18(19-4)21-14-17-11-7-6-10-16(17)3/h6-7,10-11,15H,8-9,12-14H2,1-5H3,(H2,19,20,21). The average Bonchev–Trinajstić information content (AvgIpc) is 2.51. The van der Waals surface area contributed by atoms with Gasteiger partial charge >= 0.3 is 0 Å². The summed E-state index contributed by atoms with van der Waals surface area (Å²) in [5.41, 5.74) is 2.62. The number of aryl methyl sites for hydroxylation is 1. The molecule has 0 saturated heterocycles. The van der Waals surface area contributed by atoms with Crippen molar-refractivity contribution in [2.75, 3.05) is 27.2 Å². The van der Waals surface area contributed by atoms with Gasteiger partial charge in [0.05, 0.1) is 0 Å². The van der Waals surface area contributed by atoms with Crippen LogP contribution < -0.4 is 10.6 Å². The molecule has 4 heteroatoms. The van der Waals surface area contributed by atoms with Crippen molar-refractivity contribution >= 4 is 5.96 Å². The van der Waals surface area contributed by atoms with Gasteiger partial charge < -0.3 is 15.5 Å². The van der Waals surface area contributed by atoms with Crippen molar-refractivity contribution < 1.29 is 0 Å². The average molecular weight is 304 g/mol. The minimum Gasteiger partial charge on any atom is -0.356 e. The summed E-state index contributed by atoms with van der Waals surface area (Å²) in [5.74, 6) is 0.875. The number of hydrogen-bond acceptors (Lipinski definition) is 2. The number of aliphatic imine (C=N–C) groups is 1. The minimum absolute atomic E-state index is 0.622. The van der Waals surface area contributed by atoms with Gasteiger partial charge in [-0.1, -0.05) is 24.3 Å². The highest BCUT2D eigenvalue weighted by Crippen LogP contribution is 2.05. The van der Waals surface area contributed by atoms with Crippen molar-refractivity contribution in [3.63, 3.8) is 0 Å². The fourth-order valence-electron chi connectivity index (χ4n) is 2.16. The summed E-state index contributed by atoms with van der Waals surface area (Å²) in [6, 6.07) is 9.05. The van der Waals surface area contributed by atoms with Gasteiger partial charge in [-0.15, -0.1) is 0 Å². The molecule has 2 N–H and O–H groups in total. The summed E-state index contributed by atoms with van der Waals surface area (Å²) in [5, 5.41) is 6.76. The van der Waals surface area contributed by atoms with Crippen molar-refractivity contribution in [3.05, 3.63) is 35.4 Å². The number of nitrogens with one attached hydrogen (secondary N) is 2. The topological polar surface area (TPSA) is 39.7 Å². The normalized spacial score (nSPS) is 12.0. The first kappa shape index (κ1) is 18.5. The van der Waals surface area contributed by atoms with Crippen LogP contribution in [0, 0.1) is 6.92 Å². The number of rotatable bonds is 8. The molecule has 0 aliphatic rings. The van der Waals surface area contributed by atoms with E-state index in [0.717, 1.165) is 32.0 Å². The minimum atomic E-state index is 0.622. The maximum Gasteiger partial charge on any atom is 0.191 e. The Hall–Kier alpha value is -1.55. The van der Waals surface area contributed by atoms with Crippen LogP contribution in [0.5, 0.6) is 0 Å². The summed E-state index contributed by atoms with van der Waals surface area (Å²) < 4.78 is 0. The van der Waals surface area contributed by atoms with Gasteiger partial charge in [0.15, 0.2) is 5.96 Å². The van der Waals surface area contributed by atoms with Crippen LogP contribution in [0.2, 0.25) is 0 Å². The van der Waals surface area contributed by atoms with Crippen LogP contribution in [0.3, 0.4) is 0 Å². The number of nitrogens with zero attached hydrogens (tertiary/aromatic N) is 2. The molecule has 0 unspecified atom stereocenters. The SMILES string of the molecule is CN=C(NCCCCN(C)C(C)C)NCc1ccccc1C. The predicted octanol–water partition coefficient (Wildman–Crippen LogP) is 2.78. The van der Waals surface area contributed by atoms with E-state index in [1.54, 1.807) is 0 Å². The lowest BCUT2D eigenvalue weighted by Gasteiger charge is -2.20. The van der Waals surface area contributed by atoms with Crippen molar-refractivity contribution in [1.29, 1.82) is 0 Å². The van der Waals surface area contributed by atoms with E-state index in [4.69, 9.17) is 0 Å². The quantitative estimate of drug-likeness (QED) is 0.441. The van der Waals surface area contributed by atoms with E-state index in [1.165, 1.54) is 17.5 Å². The van der Waals surface area contributed by atoms with Crippen molar-refractivity contribution in [2.24, 2.45) is 4.99 Å². The molecule has 1 aromatic carbocycles. The summed E-state index contributed by atoms with van der Waals surface area (Å²) >= 11 is 0. The maximum absolute atomic E-state index is 4.28. The van der Waals surface area contributed by atoms with Crippen molar-refractivity contribution in [3.8, 4) is 0 Å². The van der Waals surface area contributed by atoms with Gasteiger partial charge in [-0.3, -0.25) is 4.99 Å². The van der Waals surface area contributed by atoms with E-state index in [-0.39, 0.29) is 0 Å². The molecular formula is C18H32N4. The number of hydrogen-bond donors (Lipinski definition) is 2. The number of benzene rings is 1. The lowest BCUT2D eigenvalue weighted by atomic mass is 10.1. The van der Waals surface area contributed by atoms with Gasteiger partial charge in [0.1, 0.15) is 0 Å². The van der Waals surface area contributed by atoms with Gasteiger partial charge in [-0.05, 0) is 58.3 Å². The zero-order valence-electron chi connectivity index (χ0n) is 14.8. The van der Waals surface area contributed by atoms with Crippen LogP contribution in [-0.4, -0.2) is 44.1 Å². The molecule has 22 heavy (non-hydrogen) atoms. The Kier molecular flexibility index (Phi) is 8.60. The van der Waals surface area contributed by atoms with Gasteiger partial charge in [0.25, 0.3) is 0 Å². The van der Waals surface area contributed by atoms with Crippen LogP contribution in [0.25, 0.3) is 0 Å². The Balaban J connectivity index is 2.22. The second-order valence-electron chi connectivity index (χ2n) is 6.06. The highest BCUT2D eigenvalue weighted by Gasteiger charge is 2.03. The Bertz CT molecular complexity index is 454. The Morgan fingerprint density at radius 3 is 2.55 bits per heavy atom. The summed E-state index contributed by atoms with van der Waals surface area (Å²) in [4.78, 5) is 6.66. The Morgan fingerprint density at radius 1 is 1.18 bits per heavy atom. The molecule has 0 amide bonds. The molecule has 0 aliphatic heterocycles. The van der Waals surface area contributed by atoms with Crippen molar-refractivity contribution in [2.45, 2.75) is 46.2 Å². The van der Waals surface area contributed by atoms with Crippen LogP contribution in [0.4, 0.5) is 0 Å². The third kappa shape index (κ3) is 6.94. The molecule has 0 spiro atoms. The van der Waals surface area contributed by atoms with Gasteiger partial charge in [-0.2, -0.15) is 0 Å². The monoisotopic (exact) mass is 304 g/mol. The van der Waals surface area contributed by atoms with Gasteiger partial charge in [0.2, 0.25) is 0 Å². The second-order valence-corrected chi connectivity index (χ2v) is 6.06. The first-order valence-electron chi connectivity index (χ1n) is 8.24. The van der Waals surface area contributed by atoms with E-state index >= 15 is 0 Å². The number of unbranched alkanes of at least 4 members (excludes halogenated alkanes) is 1. The van der Waals surface area contributed by atoms with E-state index in [0.29, 0.717) is 6.04 Å². The van der Waals surface area contributed by atoms with E-state index in [2.05, 4.69) is 72.6 Å². The summed E-state index contributed by atoms with van der Waals surface area (Å²) in [6.07, 6.45) is 2.36. The molecule has 0 aliphatic carbocycles. The zero-order chi connectivity index (χ0) is 16.4. The Labute approximate surface area is 136 Å². The van der Waals surface area contributed by atoms with Crippen LogP contribution in [-0.2, 0) is 6.54 Å². The summed E-state index contributed by atoms with van der Waals surface area (Å²) in [7, 11) is 4.00. The third-order valence-corrected chi connectivity index (χ3v) is 4.04. The molecule has 0 radical (unpaired) electrons. The van der Waals surface area contributed by atoms with E-state index in [9.17, 15) is 0 Å². The molecule has 0 atom stereocenters. The third-order valence-electron chi connectivity index (χ3n) is 4.04. The van der Waals surface area contributed by atoms with E-state index in [1.807, 2.05) is 7.05 Å². The van der Waals surface area contributed by atoms with Crippen LogP contribution in [0.1, 0.15) is 37.8 Å². The van der Waals surface area contributed by atoms with Crippen molar-refractivity contribution in [1.82, 2.24) is 15.5 Å². The molecular weight excluding hydrogens is 272 g/mol. The Morgan fingerprint density at radius 2 is 1.91 bits per heavy atom. The highest BCUT2D eigenvalue weighted by atomic mass is 15.2. The first-order chi connectivity index (χ1) is 10.5. The maximum atomic E-state index is 4.28. The second kappa shape index (κ2) is 10.2. The molecule has 1 rings (SSSR count). The molecule has 1 aromatic rings. The lowest BCUT2D eigenvalue weighted by Crippen LogP contribution is -2.37. The van der Waals surface area contributed by atoms with Gasteiger partial charge in [-0.25, -0.2) is 0 Å². The highest BCUT2D eigenvalue weighted by molar-refractivity contribution is 5.79. The number of guanidine groups is 1. The lowest BCUT2D eigenvalue weighted by molar-refractivity contribution is 0.268. The van der Waals surface area contributed by atoms with Crippen LogP contribution >= 0.6 is 0 Å². The molecule has 0 saturated carbocycles. The fraction of sp³-hybridized carbons (Fsp3) is 0.611. The molecule has 0 heterocycles. The summed E-state index contributed by atoms with van der Waals surface area (Å²) in [6.45, 7) is 9.51. The fourth-order valence-corrected chi connectivity index (χ4v) is 2.16. The molecule has 0 bridgehead atoms.